The molecular formula is C28H31N2O5P. The third-order valence-electron chi connectivity index (χ3n) is 7.81. The Morgan fingerprint density at radius 1 is 1.14 bits per heavy atom. The van der Waals surface area contributed by atoms with Gasteiger partial charge in [0, 0.05) is 17.2 Å². The first kappa shape index (κ1) is 24.8. The molecule has 0 saturated heterocycles. The quantitative estimate of drug-likeness (QED) is 0.389. The molecule has 2 aliphatic carbocycles. The number of phosphoric ester groups is 1. The zero-order valence-electron chi connectivity index (χ0n) is 20.3. The van der Waals surface area contributed by atoms with Crippen molar-refractivity contribution in [1.29, 1.82) is 0 Å². The van der Waals surface area contributed by atoms with Gasteiger partial charge in [0.15, 0.2) is 0 Å². The third-order valence-corrected chi connectivity index (χ3v) is 8.38. The topological polar surface area (TPSA) is 109 Å². The van der Waals surface area contributed by atoms with Gasteiger partial charge in [0.05, 0.1) is 17.5 Å². The predicted octanol–water partition coefficient (Wildman–Crippen LogP) is 5.35. The minimum Gasteiger partial charge on any atom is -0.320 e. The average Bonchev–Trinajstić information content (AvgIpc) is 2.85. The Bertz CT molecular complexity index is 1310. The van der Waals surface area contributed by atoms with Crippen molar-refractivity contribution in [2.75, 3.05) is 5.32 Å². The number of hydrogen-bond donors (Lipinski definition) is 3. The highest BCUT2D eigenvalue weighted by Gasteiger charge is 2.48. The number of hydrogen-bond acceptors (Lipinski definition) is 4. The molecule has 2 aromatic carbocycles. The highest BCUT2D eigenvalue weighted by atomic mass is 31.2. The lowest BCUT2D eigenvalue weighted by Crippen LogP contribution is -2.47. The van der Waals surface area contributed by atoms with E-state index in [0.717, 1.165) is 31.4 Å². The fourth-order valence-corrected chi connectivity index (χ4v) is 6.76. The molecule has 0 radical (unpaired) electrons. The van der Waals surface area contributed by atoms with Crippen molar-refractivity contribution < 1.29 is 23.7 Å². The van der Waals surface area contributed by atoms with E-state index in [0.29, 0.717) is 24.1 Å². The number of aromatic nitrogens is 1. The van der Waals surface area contributed by atoms with Crippen molar-refractivity contribution in [3.63, 3.8) is 0 Å². The maximum absolute atomic E-state index is 13.1. The molecule has 3 N–H and O–H groups in total. The molecule has 0 aliphatic heterocycles. The first-order valence-corrected chi connectivity index (χ1v) is 13.9. The molecule has 7 nitrogen and oxygen atoms in total. The Balaban J connectivity index is 1.46. The Morgan fingerprint density at radius 2 is 1.94 bits per heavy atom. The number of rotatable bonds is 6. The van der Waals surface area contributed by atoms with Gasteiger partial charge in [0.25, 0.3) is 5.91 Å². The van der Waals surface area contributed by atoms with E-state index in [1.807, 2.05) is 43.3 Å². The van der Waals surface area contributed by atoms with E-state index in [9.17, 15) is 19.1 Å². The average molecular weight is 507 g/mol. The second-order valence-corrected chi connectivity index (χ2v) is 11.2. The second kappa shape index (κ2) is 9.91. The number of nitrogens with one attached hydrogen (secondary N) is 1. The van der Waals surface area contributed by atoms with Crippen LogP contribution in [0.3, 0.4) is 0 Å². The summed E-state index contributed by atoms with van der Waals surface area (Å²) in [5.41, 5.74) is 5.56. The SMILES string of the molecule is Cc1ncccc1NC(=O)c1ccc2c(c1)CCC1C[C@H](OP(=O)(O)O)CC[C@@]21Cc1ccccc1. The fourth-order valence-electron chi connectivity index (χ4n) is 6.18. The van der Waals surface area contributed by atoms with E-state index in [2.05, 4.69) is 28.5 Å². The Hall–Kier alpha value is -2.83. The van der Waals surface area contributed by atoms with Crippen LogP contribution in [0.1, 0.15) is 58.4 Å². The van der Waals surface area contributed by atoms with Gasteiger partial charge >= 0.3 is 7.82 Å². The lowest BCUT2D eigenvalue weighted by molar-refractivity contribution is 0.0361. The molecule has 1 amide bonds. The molecule has 1 saturated carbocycles. The number of carbonyl (C=O) groups is 1. The predicted molar refractivity (Wildman–Crippen MR) is 138 cm³/mol. The van der Waals surface area contributed by atoms with Gasteiger partial charge in [-0.2, -0.15) is 0 Å². The van der Waals surface area contributed by atoms with Crippen LogP contribution in [0.2, 0.25) is 0 Å². The molecule has 2 aliphatic rings. The smallest absolute Gasteiger partial charge is 0.320 e. The third kappa shape index (κ3) is 5.16. The van der Waals surface area contributed by atoms with Crippen molar-refractivity contribution in [1.82, 2.24) is 4.98 Å². The summed E-state index contributed by atoms with van der Waals surface area (Å²) in [6, 6.07) is 20.0. The zero-order valence-corrected chi connectivity index (χ0v) is 21.2. The zero-order chi connectivity index (χ0) is 25.3. The normalized spacial score (nSPS) is 23.4. The molecule has 1 unspecified atom stereocenters. The van der Waals surface area contributed by atoms with Gasteiger partial charge in [-0.1, -0.05) is 36.4 Å². The lowest BCUT2D eigenvalue weighted by atomic mass is 9.54. The molecule has 188 valence electrons. The standard InChI is InChI=1S/C28H31N2O5P/c1-19-26(8-5-15-29-19)30-27(31)22-10-12-25-21(16-22)9-11-23-17-24(35-36(32,33)34)13-14-28(23,25)18-20-6-3-2-4-7-20/h2-8,10,12,15-16,23-24H,9,11,13-14,17-18H2,1H3,(H,30,31)(H2,32,33,34)/t23?,24-,28+/m1/s1. The van der Waals surface area contributed by atoms with Crippen LogP contribution in [0.5, 0.6) is 0 Å². The summed E-state index contributed by atoms with van der Waals surface area (Å²) in [7, 11) is -4.54. The monoisotopic (exact) mass is 506 g/mol. The maximum Gasteiger partial charge on any atom is 0.469 e. The van der Waals surface area contributed by atoms with Crippen molar-refractivity contribution >= 4 is 19.4 Å². The number of anilines is 1. The van der Waals surface area contributed by atoms with Crippen LogP contribution in [0.15, 0.2) is 66.9 Å². The summed E-state index contributed by atoms with van der Waals surface area (Å²) in [4.78, 5) is 36.0. The minimum atomic E-state index is -4.54. The van der Waals surface area contributed by atoms with Crippen LogP contribution in [-0.2, 0) is 27.3 Å². The summed E-state index contributed by atoms with van der Waals surface area (Å²) in [5, 5.41) is 2.97. The van der Waals surface area contributed by atoms with Gasteiger partial charge in [0.1, 0.15) is 0 Å². The number of nitrogens with zero attached hydrogens (tertiary/aromatic N) is 1. The summed E-state index contributed by atoms with van der Waals surface area (Å²) in [5.74, 6) is 0.0695. The highest BCUT2D eigenvalue weighted by molar-refractivity contribution is 7.46. The van der Waals surface area contributed by atoms with Crippen molar-refractivity contribution in [2.45, 2.75) is 57.0 Å². The molecule has 3 atom stereocenters. The molecule has 3 aromatic rings. The van der Waals surface area contributed by atoms with Gasteiger partial charge in [-0.3, -0.25) is 14.3 Å². The highest BCUT2D eigenvalue weighted by Crippen LogP contribution is 2.54. The maximum atomic E-state index is 13.1. The van der Waals surface area contributed by atoms with E-state index in [1.165, 1.54) is 16.7 Å². The first-order valence-electron chi connectivity index (χ1n) is 12.4. The molecule has 1 aromatic heterocycles. The van der Waals surface area contributed by atoms with Crippen LogP contribution < -0.4 is 5.32 Å². The first-order chi connectivity index (χ1) is 17.2. The summed E-state index contributed by atoms with van der Waals surface area (Å²) in [6.45, 7) is 1.86. The molecule has 0 spiro atoms. The molecule has 36 heavy (non-hydrogen) atoms. The Labute approximate surface area is 211 Å². The van der Waals surface area contributed by atoms with Crippen LogP contribution >= 0.6 is 7.82 Å². The van der Waals surface area contributed by atoms with E-state index >= 15 is 0 Å². The summed E-state index contributed by atoms with van der Waals surface area (Å²) < 4.78 is 16.6. The van der Waals surface area contributed by atoms with E-state index in [-0.39, 0.29) is 17.2 Å². The fraction of sp³-hybridized carbons (Fsp3) is 0.357. The van der Waals surface area contributed by atoms with Gasteiger partial charge in [0.2, 0.25) is 0 Å². The molecular weight excluding hydrogens is 475 g/mol. The van der Waals surface area contributed by atoms with E-state index < -0.39 is 13.9 Å². The Kier molecular flexibility index (Phi) is 6.84. The molecule has 8 heteroatoms. The minimum absolute atomic E-state index is 0.160. The number of aryl methyl sites for hydroxylation is 2. The van der Waals surface area contributed by atoms with Gasteiger partial charge in [-0.15, -0.1) is 0 Å². The summed E-state index contributed by atoms with van der Waals surface area (Å²) in [6.07, 6.45) is 5.75. The lowest BCUT2D eigenvalue weighted by Gasteiger charge is -2.51. The number of phosphoric acid groups is 1. The number of benzene rings is 2. The number of fused-ring (bicyclic) bond motifs is 3. The van der Waals surface area contributed by atoms with Crippen LogP contribution in [0.25, 0.3) is 0 Å². The number of carbonyl (C=O) groups excluding carboxylic acids is 1. The van der Waals surface area contributed by atoms with E-state index in [4.69, 9.17) is 4.52 Å². The number of pyridine rings is 1. The number of amides is 1. The van der Waals surface area contributed by atoms with Crippen LogP contribution in [0, 0.1) is 12.8 Å². The molecule has 1 fully saturated rings. The van der Waals surface area contributed by atoms with Crippen molar-refractivity contribution in [3.05, 3.63) is 94.8 Å². The van der Waals surface area contributed by atoms with Gasteiger partial charge < -0.3 is 15.1 Å². The molecule has 1 heterocycles. The second-order valence-electron chi connectivity index (χ2n) is 10.0. The van der Waals surface area contributed by atoms with Crippen LogP contribution in [-0.4, -0.2) is 26.8 Å². The van der Waals surface area contributed by atoms with Gasteiger partial charge in [-0.05, 0) is 92.3 Å². The van der Waals surface area contributed by atoms with Crippen molar-refractivity contribution in [2.24, 2.45) is 5.92 Å². The molecule has 5 rings (SSSR count). The van der Waals surface area contributed by atoms with Gasteiger partial charge in [-0.25, -0.2) is 4.57 Å². The summed E-state index contributed by atoms with van der Waals surface area (Å²) >= 11 is 0. The Morgan fingerprint density at radius 3 is 2.69 bits per heavy atom. The largest absolute Gasteiger partial charge is 0.469 e. The van der Waals surface area contributed by atoms with Crippen LogP contribution in [0.4, 0.5) is 5.69 Å². The van der Waals surface area contributed by atoms with Crippen molar-refractivity contribution in [3.8, 4) is 0 Å². The van der Waals surface area contributed by atoms with E-state index in [1.54, 1.807) is 12.3 Å². The molecule has 0 bridgehead atoms.